The highest BCUT2D eigenvalue weighted by molar-refractivity contribution is 5.49. The SMILES string of the molecule is Cc1nccc(N2CC3CC(C2)N3c2nccc(C#N)n2)n1. The lowest BCUT2D eigenvalue weighted by molar-refractivity contribution is 0.285. The Kier molecular flexibility index (Phi) is 2.89. The minimum atomic E-state index is 0.378. The van der Waals surface area contributed by atoms with Crippen LogP contribution in [0, 0.1) is 18.3 Å². The van der Waals surface area contributed by atoms with E-state index in [-0.39, 0.29) is 0 Å². The first-order valence-electron chi connectivity index (χ1n) is 7.30. The Morgan fingerprint density at radius 2 is 1.91 bits per heavy atom. The van der Waals surface area contributed by atoms with Crippen LogP contribution in [0.2, 0.25) is 0 Å². The van der Waals surface area contributed by atoms with Gasteiger partial charge in [-0.25, -0.2) is 19.9 Å². The molecule has 3 aliphatic rings. The smallest absolute Gasteiger partial charge is 0.227 e. The lowest BCUT2D eigenvalue weighted by Crippen LogP contribution is -2.69. The molecule has 3 saturated heterocycles. The van der Waals surface area contributed by atoms with E-state index < -0.39 is 0 Å². The highest BCUT2D eigenvalue weighted by atomic mass is 15.4. The minimum absolute atomic E-state index is 0.378. The second-order valence-corrected chi connectivity index (χ2v) is 5.67. The summed E-state index contributed by atoms with van der Waals surface area (Å²) in [7, 11) is 0. The van der Waals surface area contributed by atoms with Crippen LogP contribution in [0.5, 0.6) is 0 Å². The number of piperazine rings is 1. The Balaban J connectivity index is 1.54. The second kappa shape index (κ2) is 4.91. The fraction of sp³-hybridized carbons (Fsp3) is 0.400. The van der Waals surface area contributed by atoms with Crippen molar-refractivity contribution in [2.24, 2.45) is 0 Å². The van der Waals surface area contributed by atoms with E-state index in [2.05, 4.69) is 35.8 Å². The van der Waals surface area contributed by atoms with Crippen molar-refractivity contribution < 1.29 is 0 Å². The van der Waals surface area contributed by atoms with E-state index in [1.807, 2.05) is 13.0 Å². The first-order chi connectivity index (χ1) is 10.7. The van der Waals surface area contributed by atoms with Gasteiger partial charge in [-0.3, -0.25) is 0 Å². The van der Waals surface area contributed by atoms with Crippen LogP contribution >= 0.6 is 0 Å². The molecule has 0 aliphatic carbocycles. The molecular weight excluding hydrogens is 278 g/mol. The summed E-state index contributed by atoms with van der Waals surface area (Å²) in [5.41, 5.74) is 0.415. The van der Waals surface area contributed by atoms with Crippen molar-refractivity contribution in [3.8, 4) is 6.07 Å². The maximum absolute atomic E-state index is 8.97. The summed E-state index contributed by atoms with van der Waals surface area (Å²) in [6.07, 6.45) is 4.59. The molecule has 2 aromatic rings. The molecule has 2 bridgehead atoms. The molecule has 0 N–H and O–H groups in total. The molecule has 0 amide bonds. The van der Waals surface area contributed by atoms with E-state index in [1.165, 1.54) is 0 Å². The fourth-order valence-corrected chi connectivity index (χ4v) is 3.28. The molecule has 2 atom stereocenters. The molecule has 0 spiro atoms. The van der Waals surface area contributed by atoms with Gasteiger partial charge in [-0.2, -0.15) is 5.26 Å². The van der Waals surface area contributed by atoms with Gasteiger partial charge in [-0.15, -0.1) is 0 Å². The number of aryl methyl sites for hydroxylation is 1. The van der Waals surface area contributed by atoms with Gasteiger partial charge in [-0.05, 0) is 25.5 Å². The van der Waals surface area contributed by atoms with E-state index in [0.29, 0.717) is 23.7 Å². The van der Waals surface area contributed by atoms with E-state index in [4.69, 9.17) is 5.26 Å². The zero-order valence-electron chi connectivity index (χ0n) is 12.2. The lowest BCUT2D eigenvalue weighted by Gasteiger charge is -2.56. The predicted molar refractivity (Wildman–Crippen MR) is 80.4 cm³/mol. The van der Waals surface area contributed by atoms with Gasteiger partial charge in [0.25, 0.3) is 0 Å². The Morgan fingerprint density at radius 3 is 2.64 bits per heavy atom. The van der Waals surface area contributed by atoms with Crippen LogP contribution in [0.15, 0.2) is 24.5 Å². The lowest BCUT2D eigenvalue weighted by atomic mass is 9.88. The molecule has 5 heterocycles. The van der Waals surface area contributed by atoms with Crippen molar-refractivity contribution in [2.75, 3.05) is 22.9 Å². The highest BCUT2D eigenvalue weighted by Crippen LogP contribution is 2.36. The average Bonchev–Trinajstić information content (AvgIpc) is 2.55. The Hall–Kier alpha value is -2.75. The van der Waals surface area contributed by atoms with Gasteiger partial charge in [0, 0.05) is 25.5 Å². The normalized spacial score (nSPS) is 22.9. The van der Waals surface area contributed by atoms with Crippen molar-refractivity contribution in [3.63, 3.8) is 0 Å². The van der Waals surface area contributed by atoms with Crippen LogP contribution in [0.3, 0.4) is 0 Å². The highest BCUT2D eigenvalue weighted by Gasteiger charge is 2.46. The maximum Gasteiger partial charge on any atom is 0.227 e. The van der Waals surface area contributed by atoms with Crippen LogP contribution in [0.25, 0.3) is 0 Å². The van der Waals surface area contributed by atoms with Crippen molar-refractivity contribution in [1.29, 1.82) is 5.26 Å². The standard InChI is InChI=1S/C15H15N7/c1-10-17-5-3-14(19-10)21-8-12-6-13(9-21)22(12)15-18-4-2-11(7-16)20-15/h2-5,12-13H,6,8-9H2,1H3. The number of aromatic nitrogens is 4. The van der Waals surface area contributed by atoms with E-state index in [1.54, 1.807) is 18.5 Å². The largest absolute Gasteiger partial charge is 0.352 e. The number of fused-ring (bicyclic) bond motifs is 2. The van der Waals surface area contributed by atoms with Crippen LogP contribution < -0.4 is 9.80 Å². The Morgan fingerprint density at radius 1 is 1.14 bits per heavy atom. The maximum atomic E-state index is 8.97. The van der Waals surface area contributed by atoms with Gasteiger partial charge in [0.15, 0.2) is 0 Å². The zero-order valence-corrected chi connectivity index (χ0v) is 12.2. The summed E-state index contributed by atoms with van der Waals surface area (Å²) >= 11 is 0. The number of anilines is 2. The molecule has 7 nitrogen and oxygen atoms in total. The Bertz CT molecular complexity index is 742. The number of piperidine rings is 1. The summed E-state index contributed by atoms with van der Waals surface area (Å²) in [5.74, 6) is 2.44. The van der Waals surface area contributed by atoms with Gasteiger partial charge >= 0.3 is 0 Å². The fourth-order valence-electron chi connectivity index (χ4n) is 3.28. The second-order valence-electron chi connectivity index (χ2n) is 5.67. The summed E-state index contributed by atoms with van der Waals surface area (Å²) in [6, 6.07) is 6.41. The molecule has 5 rings (SSSR count). The van der Waals surface area contributed by atoms with Crippen molar-refractivity contribution in [2.45, 2.75) is 25.4 Å². The molecule has 7 heteroatoms. The molecule has 0 aromatic carbocycles. The van der Waals surface area contributed by atoms with E-state index in [0.717, 1.165) is 31.2 Å². The molecule has 22 heavy (non-hydrogen) atoms. The number of nitriles is 1. The topological polar surface area (TPSA) is 81.8 Å². The molecule has 0 radical (unpaired) electrons. The number of nitrogens with zero attached hydrogens (tertiary/aromatic N) is 7. The quantitative estimate of drug-likeness (QED) is 0.814. The van der Waals surface area contributed by atoms with Gasteiger partial charge in [0.2, 0.25) is 5.95 Å². The molecule has 3 fully saturated rings. The van der Waals surface area contributed by atoms with Crippen LogP contribution in [0.1, 0.15) is 17.9 Å². The van der Waals surface area contributed by atoms with Crippen molar-refractivity contribution in [1.82, 2.24) is 19.9 Å². The third kappa shape index (κ3) is 2.04. The van der Waals surface area contributed by atoms with Gasteiger partial charge < -0.3 is 9.80 Å². The molecule has 110 valence electrons. The number of rotatable bonds is 2. The number of hydrogen-bond donors (Lipinski definition) is 0. The molecule has 2 unspecified atom stereocenters. The molecule has 0 saturated carbocycles. The van der Waals surface area contributed by atoms with Crippen LogP contribution in [-0.2, 0) is 0 Å². The summed E-state index contributed by atoms with van der Waals surface area (Å²) in [6.45, 7) is 3.70. The monoisotopic (exact) mass is 293 g/mol. The third-order valence-electron chi connectivity index (χ3n) is 4.27. The van der Waals surface area contributed by atoms with Gasteiger partial charge in [0.05, 0.1) is 12.1 Å². The zero-order chi connectivity index (χ0) is 15.1. The van der Waals surface area contributed by atoms with E-state index >= 15 is 0 Å². The summed E-state index contributed by atoms with van der Waals surface area (Å²) in [5, 5.41) is 8.97. The van der Waals surface area contributed by atoms with E-state index in [9.17, 15) is 0 Å². The third-order valence-corrected chi connectivity index (χ3v) is 4.27. The van der Waals surface area contributed by atoms with Crippen molar-refractivity contribution in [3.05, 3.63) is 36.0 Å². The predicted octanol–water partition coefficient (Wildman–Crippen LogP) is 0.914. The molecule has 2 aromatic heterocycles. The van der Waals surface area contributed by atoms with Gasteiger partial charge in [-0.1, -0.05) is 0 Å². The summed E-state index contributed by atoms with van der Waals surface area (Å²) < 4.78 is 0. The first-order valence-corrected chi connectivity index (χ1v) is 7.30. The van der Waals surface area contributed by atoms with Crippen LogP contribution in [0.4, 0.5) is 11.8 Å². The average molecular weight is 293 g/mol. The first kappa shape index (κ1) is 13.0. The molecular formula is C15H15N7. The number of hydrogen-bond acceptors (Lipinski definition) is 7. The van der Waals surface area contributed by atoms with Crippen molar-refractivity contribution >= 4 is 11.8 Å². The molecule has 3 aliphatic heterocycles. The minimum Gasteiger partial charge on any atom is -0.352 e. The Labute approximate surface area is 128 Å². The van der Waals surface area contributed by atoms with Gasteiger partial charge in [0.1, 0.15) is 23.4 Å². The van der Waals surface area contributed by atoms with Crippen LogP contribution in [-0.4, -0.2) is 45.1 Å². The summed E-state index contributed by atoms with van der Waals surface area (Å²) in [4.78, 5) is 21.8.